The maximum atomic E-state index is 11.5. The van der Waals surface area contributed by atoms with Gasteiger partial charge in [-0.1, -0.05) is 47.5 Å². The molecule has 0 N–H and O–H groups in total. The second-order valence-corrected chi connectivity index (χ2v) is 4.04. The van der Waals surface area contributed by atoms with E-state index in [1.807, 2.05) is 6.07 Å². The molecule has 0 radical (unpaired) electrons. The zero-order valence-electron chi connectivity index (χ0n) is 8.04. The number of benzene rings is 2. The number of carbonyl (C=O) groups excluding carboxylic acids is 2. The van der Waals surface area contributed by atoms with E-state index in [0.717, 1.165) is 5.39 Å². The molecule has 2 aromatic carbocycles. The van der Waals surface area contributed by atoms with Crippen LogP contribution in [0.15, 0.2) is 30.3 Å². The van der Waals surface area contributed by atoms with E-state index < -0.39 is 5.78 Å². The van der Waals surface area contributed by atoms with Crippen LogP contribution in [0.1, 0.15) is 10.4 Å². The lowest BCUT2D eigenvalue weighted by molar-refractivity contribution is -0.104. The fraction of sp³-hybridized carbons (Fsp3) is 0. The number of Topliss-reactive ketones (excluding diaryl/α,β-unsaturated/α-hetero) is 1. The average Bonchev–Trinajstić information content (AvgIpc) is 2.30. The predicted molar refractivity (Wildman–Crippen MR) is 64.4 cm³/mol. The van der Waals surface area contributed by atoms with Crippen LogP contribution in [0.5, 0.6) is 0 Å². The Bertz CT molecular complexity index is 591. The Morgan fingerprint density at radius 2 is 1.88 bits per heavy atom. The molecule has 2 aromatic rings. The van der Waals surface area contributed by atoms with Crippen LogP contribution in [0.3, 0.4) is 0 Å². The van der Waals surface area contributed by atoms with E-state index in [1.54, 1.807) is 24.3 Å². The van der Waals surface area contributed by atoms with Gasteiger partial charge in [-0.05, 0) is 16.8 Å². The van der Waals surface area contributed by atoms with Crippen molar-refractivity contribution in [2.75, 3.05) is 0 Å². The SMILES string of the molecule is O=CC(=O)c1c(Cl)c(Cl)cc2ccccc12. The first kappa shape index (κ1) is 11.1. The van der Waals surface area contributed by atoms with Crippen molar-refractivity contribution >= 4 is 46.0 Å². The Morgan fingerprint density at radius 1 is 1.19 bits per heavy atom. The standard InChI is InChI=1S/C12H6Cl2O2/c13-9-5-7-3-1-2-4-8(7)11(12(9)14)10(16)6-15/h1-6H. The van der Waals surface area contributed by atoms with E-state index >= 15 is 0 Å². The lowest BCUT2D eigenvalue weighted by Crippen LogP contribution is -2.02. The lowest BCUT2D eigenvalue weighted by atomic mass is 10.0. The van der Waals surface area contributed by atoms with E-state index in [0.29, 0.717) is 5.39 Å². The number of carbonyl (C=O) groups is 2. The Balaban J connectivity index is 2.92. The summed E-state index contributed by atoms with van der Waals surface area (Å²) in [5.41, 5.74) is 0.166. The van der Waals surface area contributed by atoms with Gasteiger partial charge in [0.25, 0.3) is 0 Å². The van der Waals surface area contributed by atoms with Crippen molar-refractivity contribution in [3.8, 4) is 0 Å². The third kappa shape index (κ3) is 1.70. The smallest absolute Gasteiger partial charge is 0.227 e. The molecule has 0 bridgehead atoms. The molecule has 0 amide bonds. The number of rotatable bonds is 2. The molecular weight excluding hydrogens is 247 g/mol. The van der Waals surface area contributed by atoms with E-state index in [-0.39, 0.29) is 21.9 Å². The van der Waals surface area contributed by atoms with Crippen LogP contribution in [0.4, 0.5) is 0 Å². The molecule has 0 saturated heterocycles. The van der Waals surface area contributed by atoms with Crippen LogP contribution in [0.2, 0.25) is 10.0 Å². The van der Waals surface area contributed by atoms with Gasteiger partial charge in [0.2, 0.25) is 5.78 Å². The average molecular weight is 253 g/mol. The van der Waals surface area contributed by atoms with Crippen LogP contribution in [-0.4, -0.2) is 12.1 Å². The van der Waals surface area contributed by atoms with Gasteiger partial charge in [0.15, 0.2) is 6.29 Å². The number of aldehydes is 1. The van der Waals surface area contributed by atoms with Crippen LogP contribution in [0, 0.1) is 0 Å². The van der Waals surface area contributed by atoms with Crippen molar-refractivity contribution in [2.45, 2.75) is 0 Å². The first-order chi connectivity index (χ1) is 7.65. The maximum Gasteiger partial charge on any atom is 0.227 e. The van der Waals surface area contributed by atoms with Crippen molar-refractivity contribution in [1.82, 2.24) is 0 Å². The first-order valence-electron chi connectivity index (χ1n) is 4.51. The van der Waals surface area contributed by atoms with Crippen LogP contribution in [-0.2, 0) is 4.79 Å². The second-order valence-electron chi connectivity index (χ2n) is 3.25. The lowest BCUT2D eigenvalue weighted by Gasteiger charge is -2.06. The minimum Gasteiger partial charge on any atom is -0.294 e. The Kier molecular flexibility index (Phi) is 2.95. The monoisotopic (exact) mass is 252 g/mol. The van der Waals surface area contributed by atoms with Gasteiger partial charge in [0.1, 0.15) is 0 Å². The maximum absolute atomic E-state index is 11.5. The largest absolute Gasteiger partial charge is 0.294 e. The van der Waals surface area contributed by atoms with Crippen molar-refractivity contribution < 1.29 is 9.59 Å². The Morgan fingerprint density at radius 3 is 2.56 bits per heavy atom. The molecule has 0 aliphatic heterocycles. The Hall–Kier alpha value is -1.38. The number of fused-ring (bicyclic) bond motifs is 1. The summed E-state index contributed by atoms with van der Waals surface area (Å²) in [7, 11) is 0. The molecule has 2 rings (SSSR count). The molecule has 0 spiro atoms. The minimum atomic E-state index is -0.663. The number of hydrogen-bond donors (Lipinski definition) is 0. The zero-order chi connectivity index (χ0) is 11.7. The molecule has 0 fully saturated rings. The highest BCUT2D eigenvalue weighted by Gasteiger charge is 2.16. The summed E-state index contributed by atoms with van der Waals surface area (Å²) >= 11 is 11.8. The molecular formula is C12H6Cl2O2. The summed E-state index contributed by atoms with van der Waals surface area (Å²) in [6.07, 6.45) is 0.240. The van der Waals surface area contributed by atoms with Gasteiger partial charge in [-0.2, -0.15) is 0 Å². The van der Waals surface area contributed by atoms with Crippen LogP contribution in [0.25, 0.3) is 10.8 Å². The van der Waals surface area contributed by atoms with Gasteiger partial charge in [-0.15, -0.1) is 0 Å². The fourth-order valence-electron chi connectivity index (χ4n) is 1.59. The molecule has 0 aliphatic carbocycles. The highest BCUT2D eigenvalue weighted by Crippen LogP contribution is 2.33. The highest BCUT2D eigenvalue weighted by molar-refractivity contribution is 6.49. The third-order valence-electron chi connectivity index (χ3n) is 2.29. The minimum absolute atomic E-state index is 0.123. The zero-order valence-corrected chi connectivity index (χ0v) is 9.55. The molecule has 0 aromatic heterocycles. The third-order valence-corrected chi connectivity index (χ3v) is 3.08. The van der Waals surface area contributed by atoms with Gasteiger partial charge in [0.05, 0.1) is 15.6 Å². The molecule has 0 unspecified atom stereocenters. The van der Waals surface area contributed by atoms with Crippen LogP contribution >= 0.6 is 23.2 Å². The summed E-state index contributed by atoms with van der Waals surface area (Å²) in [4.78, 5) is 22.1. The van der Waals surface area contributed by atoms with Crippen LogP contribution < -0.4 is 0 Å². The van der Waals surface area contributed by atoms with Crippen molar-refractivity contribution in [3.63, 3.8) is 0 Å². The molecule has 80 valence electrons. The van der Waals surface area contributed by atoms with Gasteiger partial charge in [-0.25, -0.2) is 0 Å². The summed E-state index contributed by atoms with van der Waals surface area (Å²) in [5.74, 6) is -0.663. The molecule has 0 atom stereocenters. The quantitative estimate of drug-likeness (QED) is 0.466. The normalized spacial score (nSPS) is 10.4. The highest BCUT2D eigenvalue weighted by atomic mass is 35.5. The molecule has 0 heterocycles. The molecule has 4 heteroatoms. The van der Waals surface area contributed by atoms with Gasteiger partial charge < -0.3 is 0 Å². The molecule has 2 nitrogen and oxygen atoms in total. The summed E-state index contributed by atoms with van der Waals surface area (Å²) in [6.45, 7) is 0. The van der Waals surface area contributed by atoms with E-state index in [4.69, 9.17) is 23.2 Å². The van der Waals surface area contributed by atoms with Gasteiger partial charge in [-0.3, -0.25) is 9.59 Å². The van der Waals surface area contributed by atoms with E-state index in [9.17, 15) is 9.59 Å². The second kappa shape index (κ2) is 4.24. The van der Waals surface area contributed by atoms with Gasteiger partial charge in [0, 0.05) is 0 Å². The predicted octanol–water partition coefficient (Wildman–Crippen LogP) is 3.53. The Labute approximate surface area is 102 Å². The van der Waals surface area contributed by atoms with E-state index in [2.05, 4.69) is 0 Å². The van der Waals surface area contributed by atoms with E-state index in [1.165, 1.54) is 0 Å². The van der Waals surface area contributed by atoms with Gasteiger partial charge >= 0.3 is 0 Å². The molecule has 0 saturated carbocycles. The summed E-state index contributed by atoms with van der Waals surface area (Å²) in [5, 5.41) is 1.80. The number of halogens is 2. The number of hydrogen-bond acceptors (Lipinski definition) is 2. The molecule has 0 aliphatic rings. The topological polar surface area (TPSA) is 34.1 Å². The molecule has 16 heavy (non-hydrogen) atoms. The first-order valence-corrected chi connectivity index (χ1v) is 5.27. The van der Waals surface area contributed by atoms with Crippen molar-refractivity contribution in [1.29, 1.82) is 0 Å². The summed E-state index contributed by atoms with van der Waals surface area (Å²) < 4.78 is 0. The fourth-order valence-corrected chi connectivity index (χ4v) is 2.05. The van der Waals surface area contributed by atoms with Crippen molar-refractivity contribution in [2.24, 2.45) is 0 Å². The van der Waals surface area contributed by atoms with Crippen molar-refractivity contribution in [3.05, 3.63) is 45.9 Å². The number of ketones is 1. The summed E-state index contributed by atoms with van der Waals surface area (Å²) in [6, 6.07) is 8.80.